The fourth-order valence-corrected chi connectivity index (χ4v) is 4.49. The molecule has 0 heterocycles. The van der Waals surface area contributed by atoms with Crippen molar-refractivity contribution in [2.45, 2.75) is 115 Å². The van der Waals surface area contributed by atoms with Gasteiger partial charge in [-0.25, -0.2) is 0 Å². The Hall–Kier alpha value is -0.610. The minimum absolute atomic E-state index is 0.199. The zero-order valence-electron chi connectivity index (χ0n) is 16.4. The number of aliphatic hydroxyl groups excluding tert-OH is 1. The normalized spacial score (nSPS) is 25.8. The molecule has 4 nitrogen and oxygen atoms in total. The molecule has 1 aliphatic carbocycles. The second-order valence-electron chi connectivity index (χ2n) is 8.28. The van der Waals surface area contributed by atoms with E-state index in [1.165, 1.54) is 25.7 Å². The lowest BCUT2D eigenvalue weighted by molar-refractivity contribution is -0.137. The van der Waals surface area contributed by atoms with Crippen LogP contribution in [0, 0.1) is 11.8 Å². The van der Waals surface area contributed by atoms with Crippen LogP contribution in [0.1, 0.15) is 104 Å². The lowest BCUT2D eigenvalue weighted by Crippen LogP contribution is -2.38. The van der Waals surface area contributed by atoms with Crippen LogP contribution in [0.25, 0.3) is 0 Å². The van der Waals surface area contributed by atoms with Gasteiger partial charge in [-0.2, -0.15) is 0 Å². The van der Waals surface area contributed by atoms with Crippen LogP contribution in [-0.4, -0.2) is 33.0 Å². The summed E-state index contributed by atoms with van der Waals surface area (Å²) < 4.78 is 0. The quantitative estimate of drug-likeness (QED) is 0.386. The summed E-state index contributed by atoms with van der Waals surface area (Å²) >= 11 is 0. The van der Waals surface area contributed by atoms with Gasteiger partial charge in [-0.15, -0.1) is 0 Å². The standard InChI is InChI=1S/C21H40O4/c1-3-4-5-8-11-16-21(2,25)18-14-15-19(22)17(18)12-9-6-7-10-13-20(23)24/h17-19,22,25H,3-16H2,1-2H3,(H,23,24)/t17-,18-,19?,21?/m1/s1. The second kappa shape index (κ2) is 11.9. The number of aliphatic hydroxyl groups is 2. The van der Waals surface area contributed by atoms with Gasteiger partial charge in [0.15, 0.2) is 0 Å². The van der Waals surface area contributed by atoms with Crippen molar-refractivity contribution in [3.63, 3.8) is 0 Å². The number of carboxylic acids is 1. The Morgan fingerprint density at radius 2 is 1.64 bits per heavy atom. The van der Waals surface area contributed by atoms with Gasteiger partial charge >= 0.3 is 5.97 Å². The molecule has 0 aliphatic heterocycles. The smallest absolute Gasteiger partial charge is 0.303 e. The summed E-state index contributed by atoms with van der Waals surface area (Å²) in [4.78, 5) is 10.5. The van der Waals surface area contributed by atoms with Crippen LogP contribution in [0.15, 0.2) is 0 Å². The molecule has 3 N–H and O–H groups in total. The van der Waals surface area contributed by atoms with E-state index in [1.54, 1.807) is 0 Å². The van der Waals surface area contributed by atoms with Crippen molar-refractivity contribution < 1.29 is 20.1 Å². The van der Waals surface area contributed by atoms with Gasteiger partial charge < -0.3 is 15.3 Å². The highest BCUT2D eigenvalue weighted by molar-refractivity contribution is 5.66. The highest BCUT2D eigenvalue weighted by Crippen LogP contribution is 2.43. The van der Waals surface area contributed by atoms with Crippen LogP contribution in [0.4, 0.5) is 0 Å². The molecule has 25 heavy (non-hydrogen) atoms. The molecule has 1 aliphatic rings. The molecule has 0 aromatic heterocycles. The Morgan fingerprint density at radius 3 is 2.32 bits per heavy atom. The lowest BCUT2D eigenvalue weighted by atomic mass is 9.76. The Labute approximate surface area is 154 Å². The van der Waals surface area contributed by atoms with E-state index in [1.807, 2.05) is 6.92 Å². The summed E-state index contributed by atoms with van der Waals surface area (Å²) in [5, 5.41) is 30.0. The van der Waals surface area contributed by atoms with Crippen LogP contribution in [0.5, 0.6) is 0 Å². The minimum atomic E-state index is -0.721. The zero-order chi connectivity index (χ0) is 18.7. The molecule has 1 fully saturated rings. The lowest BCUT2D eigenvalue weighted by Gasteiger charge is -2.35. The van der Waals surface area contributed by atoms with Crippen molar-refractivity contribution in [3.05, 3.63) is 0 Å². The van der Waals surface area contributed by atoms with E-state index in [4.69, 9.17) is 5.11 Å². The second-order valence-corrected chi connectivity index (χ2v) is 8.28. The van der Waals surface area contributed by atoms with Crippen LogP contribution < -0.4 is 0 Å². The third-order valence-electron chi connectivity index (χ3n) is 6.05. The average molecular weight is 357 g/mol. The molecule has 1 rings (SSSR count). The molecule has 0 spiro atoms. The van der Waals surface area contributed by atoms with Crippen LogP contribution in [0.3, 0.4) is 0 Å². The summed E-state index contributed by atoms with van der Waals surface area (Å²) in [7, 11) is 0. The van der Waals surface area contributed by atoms with Crippen molar-refractivity contribution in [1.29, 1.82) is 0 Å². The Morgan fingerprint density at radius 1 is 1.00 bits per heavy atom. The predicted octanol–water partition coefficient (Wildman–Crippen LogP) is 4.91. The third kappa shape index (κ3) is 8.54. The molecule has 0 radical (unpaired) electrons. The molecule has 4 atom stereocenters. The highest BCUT2D eigenvalue weighted by Gasteiger charge is 2.44. The van der Waals surface area contributed by atoms with Gasteiger partial charge in [0.05, 0.1) is 11.7 Å². The number of carbonyl (C=O) groups is 1. The molecule has 0 saturated heterocycles. The Bertz CT molecular complexity index is 367. The van der Waals surface area contributed by atoms with Crippen molar-refractivity contribution in [2.24, 2.45) is 11.8 Å². The highest BCUT2D eigenvalue weighted by atomic mass is 16.4. The van der Waals surface area contributed by atoms with Crippen molar-refractivity contribution in [3.8, 4) is 0 Å². The van der Waals surface area contributed by atoms with Gasteiger partial charge in [-0.1, -0.05) is 58.3 Å². The molecule has 2 unspecified atom stereocenters. The molecule has 0 aromatic rings. The van der Waals surface area contributed by atoms with Crippen molar-refractivity contribution in [1.82, 2.24) is 0 Å². The largest absolute Gasteiger partial charge is 0.481 e. The monoisotopic (exact) mass is 356 g/mol. The van der Waals surface area contributed by atoms with Crippen molar-refractivity contribution >= 4 is 5.97 Å². The first kappa shape index (κ1) is 22.4. The van der Waals surface area contributed by atoms with E-state index >= 15 is 0 Å². The molecular formula is C21H40O4. The molecule has 0 amide bonds. The van der Waals surface area contributed by atoms with E-state index in [0.717, 1.165) is 57.8 Å². The fourth-order valence-electron chi connectivity index (χ4n) is 4.49. The maximum atomic E-state index is 11.0. The van der Waals surface area contributed by atoms with E-state index in [0.29, 0.717) is 0 Å². The van der Waals surface area contributed by atoms with E-state index in [-0.39, 0.29) is 24.4 Å². The topological polar surface area (TPSA) is 77.8 Å². The zero-order valence-corrected chi connectivity index (χ0v) is 16.4. The summed E-state index contributed by atoms with van der Waals surface area (Å²) in [6.45, 7) is 4.18. The molecule has 0 bridgehead atoms. The number of rotatable bonds is 14. The summed E-state index contributed by atoms with van der Waals surface area (Å²) in [5.74, 6) is -0.320. The average Bonchev–Trinajstić information content (AvgIpc) is 2.92. The summed E-state index contributed by atoms with van der Waals surface area (Å²) in [6, 6.07) is 0. The summed E-state index contributed by atoms with van der Waals surface area (Å²) in [6.07, 6.45) is 13.2. The number of hydrogen-bond acceptors (Lipinski definition) is 3. The first-order valence-electron chi connectivity index (χ1n) is 10.5. The van der Waals surface area contributed by atoms with E-state index in [9.17, 15) is 15.0 Å². The van der Waals surface area contributed by atoms with Gasteiger partial charge in [0.1, 0.15) is 0 Å². The first-order valence-corrected chi connectivity index (χ1v) is 10.5. The number of carboxylic acid groups (broad SMARTS) is 1. The molecule has 1 saturated carbocycles. The van der Waals surface area contributed by atoms with Crippen molar-refractivity contribution in [2.75, 3.05) is 0 Å². The maximum absolute atomic E-state index is 11.0. The molecule has 0 aromatic carbocycles. The number of hydrogen-bond donors (Lipinski definition) is 3. The van der Waals surface area contributed by atoms with Crippen LogP contribution in [-0.2, 0) is 4.79 Å². The van der Waals surface area contributed by atoms with Crippen LogP contribution in [0.2, 0.25) is 0 Å². The van der Waals surface area contributed by atoms with Crippen LogP contribution >= 0.6 is 0 Å². The predicted molar refractivity (Wildman–Crippen MR) is 102 cm³/mol. The molecule has 4 heteroatoms. The number of unbranched alkanes of at least 4 members (excludes halogenated alkanes) is 7. The molecular weight excluding hydrogens is 316 g/mol. The van der Waals surface area contributed by atoms with Gasteiger partial charge in [0, 0.05) is 6.42 Å². The fraction of sp³-hybridized carbons (Fsp3) is 0.952. The summed E-state index contributed by atoms with van der Waals surface area (Å²) in [5.41, 5.74) is -0.669. The van der Waals surface area contributed by atoms with Gasteiger partial charge in [0.25, 0.3) is 0 Å². The maximum Gasteiger partial charge on any atom is 0.303 e. The van der Waals surface area contributed by atoms with Gasteiger partial charge in [-0.3, -0.25) is 4.79 Å². The van der Waals surface area contributed by atoms with E-state index < -0.39 is 11.6 Å². The SMILES string of the molecule is CCCCCCCC(C)(O)[C@@H]1CCC(O)[C@@H]1CCCCCCC(=O)O. The van der Waals surface area contributed by atoms with Gasteiger partial charge in [-0.05, 0) is 50.9 Å². The van der Waals surface area contributed by atoms with E-state index in [2.05, 4.69) is 6.92 Å². The first-order chi connectivity index (χ1) is 11.9. The Kier molecular flexibility index (Phi) is 10.7. The van der Waals surface area contributed by atoms with Gasteiger partial charge in [0.2, 0.25) is 0 Å². The third-order valence-corrected chi connectivity index (χ3v) is 6.05. The molecule has 148 valence electrons. The minimum Gasteiger partial charge on any atom is -0.481 e. The Balaban J connectivity index is 2.34. The number of aliphatic carboxylic acids is 1.